The predicted molar refractivity (Wildman–Crippen MR) is 78.4 cm³/mol. The van der Waals surface area contributed by atoms with Gasteiger partial charge in [-0.3, -0.25) is 15.0 Å². The van der Waals surface area contributed by atoms with E-state index in [2.05, 4.69) is 31.0 Å². The SMILES string of the molecule is CCCCCN(CC(C)(NC1CC1)C(=O)O)C(C)C. The highest BCUT2D eigenvalue weighted by molar-refractivity contribution is 5.78. The smallest absolute Gasteiger partial charge is 0.324 e. The summed E-state index contributed by atoms with van der Waals surface area (Å²) in [4.78, 5) is 13.9. The number of aliphatic carboxylic acids is 1. The summed E-state index contributed by atoms with van der Waals surface area (Å²) in [5, 5.41) is 12.8. The van der Waals surface area contributed by atoms with Crippen LogP contribution in [0, 0.1) is 0 Å². The van der Waals surface area contributed by atoms with Crippen LogP contribution in [-0.2, 0) is 4.79 Å². The molecule has 19 heavy (non-hydrogen) atoms. The van der Waals surface area contributed by atoms with Crippen molar-refractivity contribution in [3.05, 3.63) is 0 Å². The summed E-state index contributed by atoms with van der Waals surface area (Å²) in [6.07, 6.45) is 5.78. The van der Waals surface area contributed by atoms with Crippen LogP contribution in [0.1, 0.15) is 59.8 Å². The van der Waals surface area contributed by atoms with E-state index in [-0.39, 0.29) is 0 Å². The zero-order valence-corrected chi connectivity index (χ0v) is 12.9. The van der Waals surface area contributed by atoms with Crippen molar-refractivity contribution in [2.75, 3.05) is 13.1 Å². The Hall–Kier alpha value is -0.610. The minimum atomic E-state index is -0.822. The maximum absolute atomic E-state index is 11.6. The molecule has 1 unspecified atom stereocenters. The van der Waals surface area contributed by atoms with Gasteiger partial charge in [0.1, 0.15) is 5.54 Å². The maximum Gasteiger partial charge on any atom is 0.324 e. The normalized spacial score (nSPS) is 18.8. The van der Waals surface area contributed by atoms with Crippen molar-refractivity contribution < 1.29 is 9.90 Å². The Morgan fingerprint density at radius 2 is 2.05 bits per heavy atom. The monoisotopic (exact) mass is 270 g/mol. The number of unbranched alkanes of at least 4 members (excludes halogenated alkanes) is 2. The average molecular weight is 270 g/mol. The third kappa shape index (κ3) is 5.49. The molecule has 1 rings (SSSR count). The van der Waals surface area contributed by atoms with Gasteiger partial charge in [-0.15, -0.1) is 0 Å². The molecule has 2 N–H and O–H groups in total. The number of nitrogens with one attached hydrogen (secondary N) is 1. The van der Waals surface area contributed by atoms with Crippen LogP contribution >= 0.6 is 0 Å². The molecule has 1 atom stereocenters. The molecule has 0 aromatic heterocycles. The van der Waals surface area contributed by atoms with E-state index in [0.29, 0.717) is 18.6 Å². The summed E-state index contributed by atoms with van der Waals surface area (Å²) in [7, 11) is 0. The van der Waals surface area contributed by atoms with Crippen LogP contribution in [0.5, 0.6) is 0 Å². The molecule has 0 aliphatic heterocycles. The van der Waals surface area contributed by atoms with E-state index in [0.717, 1.165) is 25.8 Å². The molecule has 0 saturated heterocycles. The number of hydrogen-bond donors (Lipinski definition) is 2. The van der Waals surface area contributed by atoms with Gasteiger partial charge in [-0.1, -0.05) is 19.8 Å². The van der Waals surface area contributed by atoms with Crippen molar-refractivity contribution >= 4 is 5.97 Å². The highest BCUT2D eigenvalue weighted by Crippen LogP contribution is 2.23. The fraction of sp³-hybridized carbons (Fsp3) is 0.933. The number of nitrogens with zero attached hydrogens (tertiary/aromatic N) is 1. The minimum absolute atomic E-state index is 0.386. The number of hydrogen-bond acceptors (Lipinski definition) is 3. The van der Waals surface area contributed by atoms with Crippen molar-refractivity contribution in [3.63, 3.8) is 0 Å². The Morgan fingerprint density at radius 1 is 1.42 bits per heavy atom. The lowest BCUT2D eigenvalue weighted by molar-refractivity contribution is -0.145. The first kappa shape index (κ1) is 16.4. The Bertz CT molecular complexity index is 290. The predicted octanol–water partition coefficient (Wildman–Crippen LogP) is 2.48. The molecule has 1 aliphatic rings. The van der Waals surface area contributed by atoms with E-state index in [1.165, 1.54) is 12.8 Å². The summed E-state index contributed by atoms with van der Waals surface area (Å²) in [6.45, 7) is 9.87. The lowest BCUT2D eigenvalue weighted by Gasteiger charge is -2.35. The van der Waals surface area contributed by atoms with Crippen LogP contribution in [0.3, 0.4) is 0 Å². The molecule has 0 aromatic rings. The van der Waals surface area contributed by atoms with Gasteiger partial charge in [-0.2, -0.15) is 0 Å². The standard InChI is InChI=1S/C15H30N2O2/c1-5-6-7-10-17(12(2)3)11-15(4,14(18)19)16-13-8-9-13/h12-13,16H,5-11H2,1-4H3,(H,18,19). The van der Waals surface area contributed by atoms with Gasteiger partial charge in [0.2, 0.25) is 0 Å². The topological polar surface area (TPSA) is 52.6 Å². The van der Waals surface area contributed by atoms with Crippen molar-refractivity contribution in [3.8, 4) is 0 Å². The molecule has 112 valence electrons. The summed E-state index contributed by atoms with van der Waals surface area (Å²) >= 11 is 0. The maximum atomic E-state index is 11.6. The van der Waals surface area contributed by atoms with Crippen LogP contribution < -0.4 is 5.32 Å². The first-order chi connectivity index (χ1) is 8.89. The molecule has 0 spiro atoms. The van der Waals surface area contributed by atoms with E-state index in [4.69, 9.17) is 0 Å². The Kier molecular flexibility index (Phi) is 6.27. The fourth-order valence-electron chi connectivity index (χ4n) is 2.34. The number of carboxylic acids is 1. The third-order valence-electron chi connectivity index (χ3n) is 3.87. The van der Waals surface area contributed by atoms with Gasteiger partial charge in [0.25, 0.3) is 0 Å². The Labute approximate surface area is 117 Å². The third-order valence-corrected chi connectivity index (χ3v) is 3.87. The van der Waals surface area contributed by atoms with Gasteiger partial charge < -0.3 is 5.11 Å². The summed E-state index contributed by atoms with van der Waals surface area (Å²) in [6, 6.07) is 0.794. The molecule has 0 amide bonds. The molecule has 1 fully saturated rings. The number of carboxylic acid groups (broad SMARTS) is 1. The van der Waals surface area contributed by atoms with Gasteiger partial charge in [-0.05, 0) is 46.6 Å². The zero-order valence-electron chi connectivity index (χ0n) is 12.9. The first-order valence-corrected chi connectivity index (χ1v) is 7.64. The molecule has 1 aliphatic carbocycles. The van der Waals surface area contributed by atoms with E-state index in [1.54, 1.807) is 0 Å². The largest absolute Gasteiger partial charge is 0.480 e. The van der Waals surface area contributed by atoms with Gasteiger partial charge in [-0.25, -0.2) is 0 Å². The summed E-state index contributed by atoms with van der Waals surface area (Å²) in [5.74, 6) is -0.736. The molecule has 1 saturated carbocycles. The molecule has 0 aromatic carbocycles. The molecular formula is C15H30N2O2. The van der Waals surface area contributed by atoms with Gasteiger partial charge in [0, 0.05) is 18.6 Å². The average Bonchev–Trinajstić information content (AvgIpc) is 3.11. The second kappa shape index (κ2) is 7.25. The summed E-state index contributed by atoms with van der Waals surface area (Å²) < 4.78 is 0. The quantitative estimate of drug-likeness (QED) is 0.599. The molecule has 0 heterocycles. The number of carbonyl (C=O) groups is 1. The summed E-state index contributed by atoms with van der Waals surface area (Å²) in [5.41, 5.74) is -0.822. The zero-order chi connectivity index (χ0) is 14.5. The second-order valence-electron chi connectivity index (χ2n) is 6.33. The van der Waals surface area contributed by atoms with E-state index in [9.17, 15) is 9.90 Å². The van der Waals surface area contributed by atoms with E-state index in [1.807, 2.05) is 6.92 Å². The van der Waals surface area contributed by atoms with Crippen LogP contribution in [0.4, 0.5) is 0 Å². The molecule has 4 heteroatoms. The Balaban J connectivity index is 2.58. The van der Waals surface area contributed by atoms with Crippen LogP contribution in [0.25, 0.3) is 0 Å². The number of rotatable bonds is 10. The van der Waals surface area contributed by atoms with Gasteiger partial charge in [0.15, 0.2) is 0 Å². The van der Waals surface area contributed by atoms with Crippen LogP contribution in [0.15, 0.2) is 0 Å². The Morgan fingerprint density at radius 3 is 2.47 bits per heavy atom. The van der Waals surface area contributed by atoms with Crippen molar-refractivity contribution in [1.29, 1.82) is 0 Å². The van der Waals surface area contributed by atoms with E-state index >= 15 is 0 Å². The van der Waals surface area contributed by atoms with Gasteiger partial charge in [0.05, 0.1) is 0 Å². The molecular weight excluding hydrogens is 240 g/mol. The minimum Gasteiger partial charge on any atom is -0.480 e. The highest BCUT2D eigenvalue weighted by atomic mass is 16.4. The van der Waals surface area contributed by atoms with E-state index < -0.39 is 11.5 Å². The van der Waals surface area contributed by atoms with Crippen molar-refractivity contribution in [2.24, 2.45) is 0 Å². The molecule has 0 bridgehead atoms. The fourth-order valence-corrected chi connectivity index (χ4v) is 2.34. The van der Waals surface area contributed by atoms with Crippen LogP contribution in [0.2, 0.25) is 0 Å². The first-order valence-electron chi connectivity index (χ1n) is 7.64. The lowest BCUT2D eigenvalue weighted by Crippen LogP contribution is -2.58. The highest BCUT2D eigenvalue weighted by Gasteiger charge is 2.40. The van der Waals surface area contributed by atoms with Crippen molar-refractivity contribution in [2.45, 2.75) is 77.4 Å². The lowest BCUT2D eigenvalue weighted by atomic mass is 10.0. The molecule has 4 nitrogen and oxygen atoms in total. The second-order valence-corrected chi connectivity index (χ2v) is 6.33. The van der Waals surface area contributed by atoms with Crippen molar-refractivity contribution in [1.82, 2.24) is 10.2 Å². The van der Waals surface area contributed by atoms with Crippen LogP contribution in [-0.4, -0.2) is 46.7 Å². The molecule has 0 radical (unpaired) electrons. The van der Waals surface area contributed by atoms with Gasteiger partial charge >= 0.3 is 5.97 Å².